The van der Waals surface area contributed by atoms with E-state index in [1.54, 1.807) is 13.0 Å². The van der Waals surface area contributed by atoms with Gasteiger partial charge < -0.3 is 15.6 Å². The fraction of sp³-hybridized carbons (Fsp3) is 0.400. The van der Waals surface area contributed by atoms with E-state index in [1.165, 1.54) is 11.3 Å². The molecule has 0 aromatic carbocycles. The quantitative estimate of drug-likeness (QED) is 0.908. The summed E-state index contributed by atoms with van der Waals surface area (Å²) in [5.74, 6) is -0.231. The van der Waals surface area contributed by atoms with Crippen molar-refractivity contribution in [3.8, 4) is 0 Å². The van der Waals surface area contributed by atoms with Gasteiger partial charge in [0.1, 0.15) is 5.00 Å². The van der Waals surface area contributed by atoms with Gasteiger partial charge in [-0.05, 0) is 37.7 Å². The Hall–Kier alpha value is -2.15. The van der Waals surface area contributed by atoms with E-state index in [0.717, 1.165) is 29.7 Å². The van der Waals surface area contributed by atoms with Crippen molar-refractivity contribution in [1.82, 2.24) is 5.16 Å². The second-order valence-electron chi connectivity index (χ2n) is 5.71. The van der Waals surface area contributed by atoms with Crippen LogP contribution in [0.1, 0.15) is 50.4 Å². The number of anilines is 1. The summed E-state index contributed by atoms with van der Waals surface area (Å²) < 4.78 is 4.94. The molecule has 0 radical (unpaired) electrons. The Labute approximate surface area is 131 Å². The zero-order valence-corrected chi connectivity index (χ0v) is 13.3. The van der Waals surface area contributed by atoms with Crippen molar-refractivity contribution in [3.05, 3.63) is 33.5 Å². The number of carbonyl (C=O) groups is 2. The van der Waals surface area contributed by atoms with Crippen LogP contribution in [0.4, 0.5) is 5.00 Å². The van der Waals surface area contributed by atoms with E-state index in [-0.39, 0.29) is 5.76 Å². The lowest BCUT2D eigenvalue weighted by atomic mass is 9.88. The number of fused-ring (bicyclic) bond motifs is 1. The first-order valence-electron chi connectivity index (χ1n) is 7.14. The average molecular weight is 319 g/mol. The predicted octanol–water partition coefficient (Wildman–Crippen LogP) is 2.52. The minimum atomic E-state index is -0.504. The van der Waals surface area contributed by atoms with E-state index in [0.29, 0.717) is 22.2 Å². The minimum absolute atomic E-state index is 0.118. The molecule has 6 nitrogen and oxygen atoms in total. The third-order valence-electron chi connectivity index (χ3n) is 3.84. The third-order valence-corrected chi connectivity index (χ3v) is 5.01. The molecule has 2 amide bonds. The highest BCUT2D eigenvalue weighted by Crippen LogP contribution is 2.39. The smallest absolute Gasteiger partial charge is 0.294 e. The van der Waals surface area contributed by atoms with Crippen LogP contribution in [0.3, 0.4) is 0 Å². The number of primary amides is 1. The molecule has 7 heteroatoms. The molecule has 2 aromatic heterocycles. The van der Waals surface area contributed by atoms with Crippen LogP contribution < -0.4 is 11.1 Å². The molecule has 0 unspecified atom stereocenters. The number of amides is 2. The third kappa shape index (κ3) is 2.64. The molecule has 3 N–H and O–H groups in total. The first kappa shape index (κ1) is 14.8. The number of nitrogens with zero attached hydrogens (tertiary/aromatic N) is 1. The molecule has 2 heterocycles. The van der Waals surface area contributed by atoms with Gasteiger partial charge in [0.25, 0.3) is 11.8 Å². The molecule has 2 aromatic rings. The Bertz CT molecular complexity index is 747. The zero-order chi connectivity index (χ0) is 15.9. The highest BCUT2D eigenvalue weighted by atomic mass is 32.1. The van der Waals surface area contributed by atoms with Crippen LogP contribution in [-0.2, 0) is 12.8 Å². The molecule has 1 aliphatic rings. The Balaban J connectivity index is 1.93. The zero-order valence-electron chi connectivity index (χ0n) is 12.4. The standard InChI is InChI=1S/C15H17N3O3S/c1-7-3-4-9-11(5-7)22-15(12(9)13(16)19)17-14(20)10-6-8(2)18-21-10/h6-7H,3-5H2,1-2H3,(H2,16,19)(H,17,20)/t7-/m0/s1. The van der Waals surface area contributed by atoms with Crippen LogP contribution >= 0.6 is 11.3 Å². The van der Waals surface area contributed by atoms with Crippen molar-refractivity contribution < 1.29 is 14.1 Å². The molecule has 0 saturated carbocycles. The molecular formula is C15H17N3O3S. The van der Waals surface area contributed by atoms with Crippen molar-refractivity contribution in [2.75, 3.05) is 5.32 Å². The van der Waals surface area contributed by atoms with Crippen molar-refractivity contribution in [2.45, 2.75) is 33.1 Å². The number of carbonyl (C=O) groups excluding carboxylic acids is 2. The van der Waals surface area contributed by atoms with Gasteiger partial charge >= 0.3 is 0 Å². The topological polar surface area (TPSA) is 98.2 Å². The molecule has 22 heavy (non-hydrogen) atoms. The molecule has 3 rings (SSSR count). The predicted molar refractivity (Wildman–Crippen MR) is 83.2 cm³/mol. The van der Waals surface area contributed by atoms with Gasteiger partial charge in [-0.1, -0.05) is 12.1 Å². The minimum Gasteiger partial charge on any atom is -0.365 e. The van der Waals surface area contributed by atoms with Gasteiger partial charge in [-0.25, -0.2) is 0 Å². The van der Waals surface area contributed by atoms with Crippen molar-refractivity contribution >= 4 is 28.2 Å². The summed E-state index contributed by atoms with van der Waals surface area (Å²) in [5.41, 5.74) is 7.57. The van der Waals surface area contributed by atoms with E-state index >= 15 is 0 Å². The van der Waals surface area contributed by atoms with Gasteiger partial charge in [-0.2, -0.15) is 0 Å². The largest absolute Gasteiger partial charge is 0.365 e. The summed E-state index contributed by atoms with van der Waals surface area (Å²) in [5, 5.41) is 6.93. The van der Waals surface area contributed by atoms with Crippen LogP contribution in [0.2, 0.25) is 0 Å². The molecule has 0 spiro atoms. The number of aryl methyl sites for hydroxylation is 1. The first-order valence-corrected chi connectivity index (χ1v) is 7.96. The first-order chi connectivity index (χ1) is 10.5. The normalized spacial score (nSPS) is 17.1. The van der Waals surface area contributed by atoms with E-state index in [4.69, 9.17) is 10.3 Å². The molecule has 116 valence electrons. The van der Waals surface area contributed by atoms with E-state index in [9.17, 15) is 9.59 Å². The maximum absolute atomic E-state index is 12.2. The summed E-state index contributed by atoms with van der Waals surface area (Å²) in [4.78, 5) is 25.1. The average Bonchev–Trinajstić information content (AvgIpc) is 3.01. The molecule has 1 aliphatic carbocycles. The number of nitrogens with two attached hydrogens (primary N) is 1. The van der Waals surface area contributed by atoms with E-state index in [2.05, 4.69) is 17.4 Å². The Morgan fingerprint density at radius 3 is 2.91 bits per heavy atom. The fourth-order valence-corrected chi connectivity index (χ4v) is 4.15. The second-order valence-corrected chi connectivity index (χ2v) is 6.81. The van der Waals surface area contributed by atoms with E-state index in [1.807, 2.05) is 0 Å². The van der Waals surface area contributed by atoms with Gasteiger partial charge in [0.05, 0.1) is 11.3 Å². The summed E-state index contributed by atoms with van der Waals surface area (Å²) in [7, 11) is 0. The van der Waals surface area contributed by atoms with Crippen LogP contribution in [-0.4, -0.2) is 17.0 Å². The number of thiophene rings is 1. The van der Waals surface area contributed by atoms with Crippen molar-refractivity contribution in [1.29, 1.82) is 0 Å². The number of rotatable bonds is 3. The second kappa shape index (κ2) is 5.57. The number of nitrogens with one attached hydrogen (secondary N) is 1. The van der Waals surface area contributed by atoms with Crippen molar-refractivity contribution in [2.24, 2.45) is 11.7 Å². The monoisotopic (exact) mass is 319 g/mol. The molecule has 0 fully saturated rings. The maximum Gasteiger partial charge on any atom is 0.294 e. The van der Waals surface area contributed by atoms with Gasteiger partial charge in [0.2, 0.25) is 5.76 Å². The summed E-state index contributed by atoms with van der Waals surface area (Å²) >= 11 is 1.43. The van der Waals surface area contributed by atoms with Gasteiger partial charge in [-0.15, -0.1) is 11.3 Å². The van der Waals surface area contributed by atoms with Crippen LogP contribution in [0, 0.1) is 12.8 Å². The lowest BCUT2D eigenvalue weighted by molar-refractivity contribution is 0.0988. The SMILES string of the molecule is Cc1cc(C(=O)Nc2sc3c(c2C(N)=O)CC[C@H](C)C3)on1. The van der Waals surface area contributed by atoms with Crippen LogP contribution in [0.25, 0.3) is 0 Å². The lowest BCUT2D eigenvalue weighted by Crippen LogP contribution is -2.19. The molecular weight excluding hydrogens is 302 g/mol. The highest BCUT2D eigenvalue weighted by molar-refractivity contribution is 7.17. The molecule has 0 aliphatic heterocycles. The Kier molecular flexibility index (Phi) is 3.74. The van der Waals surface area contributed by atoms with Gasteiger partial charge in [-0.3, -0.25) is 9.59 Å². The maximum atomic E-state index is 12.2. The summed E-state index contributed by atoms with van der Waals surface area (Å²) in [6.07, 6.45) is 2.76. The molecule has 1 atom stereocenters. The van der Waals surface area contributed by atoms with Crippen molar-refractivity contribution in [3.63, 3.8) is 0 Å². The lowest BCUT2D eigenvalue weighted by Gasteiger charge is -2.18. The number of hydrogen-bond donors (Lipinski definition) is 2. The Morgan fingerprint density at radius 1 is 1.50 bits per heavy atom. The highest BCUT2D eigenvalue weighted by Gasteiger charge is 2.27. The van der Waals surface area contributed by atoms with E-state index < -0.39 is 11.8 Å². The fourth-order valence-electron chi connectivity index (χ4n) is 2.73. The van der Waals surface area contributed by atoms with Crippen LogP contribution in [0.5, 0.6) is 0 Å². The van der Waals surface area contributed by atoms with Gasteiger partial charge in [0, 0.05) is 10.9 Å². The van der Waals surface area contributed by atoms with Gasteiger partial charge in [0.15, 0.2) is 0 Å². The van der Waals surface area contributed by atoms with Crippen LogP contribution in [0.15, 0.2) is 10.6 Å². The molecule has 0 saturated heterocycles. The number of aromatic nitrogens is 1. The summed E-state index contributed by atoms with van der Waals surface area (Å²) in [6, 6.07) is 1.55. The Morgan fingerprint density at radius 2 is 2.27 bits per heavy atom. The molecule has 0 bridgehead atoms. The number of hydrogen-bond acceptors (Lipinski definition) is 5. The summed E-state index contributed by atoms with van der Waals surface area (Å²) in [6.45, 7) is 3.92.